The molecule has 0 saturated heterocycles. The monoisotopic (exact) mass is 286 g/mol. The smallest absolute Gasteiger partial charge is 0.338 e. The number of hydrogen-bond acceptors (Lipinski definition) is 4. The van der Waals surface area contributed by atoms with Crippen molar-refractivity contribution in [2.45, 2.75) is 18.2 Å². The molecule has 5 heteroatoms. The van der Waals surface area contributed by atoms with E-state index < -0.39 is 5.97 Å². The summed E-state index contributed by atoms with van der Waals surface area (Å²) in [5.74, 6) is -0.558. The Morgan fingerprint density at radius 3 is 2.67 bits per heavy atom. The third kappa shape index (κ3) is 4.03. The fraction of sp³-hybridized carbons (Fsp3) is 0.385. The molecule has 0 spiro atoms. The minimum Gasteiger partial charge on any atom is -0.462 e. The molecule has 1 aromatic rings. The Morgan fingerprint density at radius 1 is 1.39 bits per heavy atom. The van der Waals surface area contributed by atoms with Gasteiger partial charge in [0.15, 0.2) is 5.78 Å². The summed E-state index contributed by atoms with van der Waals surface area (Å²) in [5, 5.41) is 0. The lowest BCUT2D eigenvalue weighted by Gasteiger charge is -2.09. The Balaban J connectivity index is 3.07. The van der Waals surface area contributed by atoms with Gasteiger partial charge in [-0.05, 0) is 30.9 Å². The van der Waals surface area contributed by atoms with E-state index >= 15 is 0 Å². The lowest BCUT2D eigenvalue weighted by Crippen LogP contribution is -2.12. The molecule has 3 nitrogen and oxygen atoms in total. The predicted molar refractivity (Wildman–Crippen MR) is 73.6 cm³/mol. The number of carbonyl (C=O) groups excluding carboxylic acids is 2. The standard InChI is InChI=1S/C13H15ClO3S/c1-3-17-13(16)12-7-11(18-2)5-4-9(12)6-10(15)8-14/h4-5,7H,3,6,8H2,1-2H3. The van der Waals surface area contributed by atoms with Gasteiger partial charge in [-0.25, -0.2) is 4.79 Å². The molecular formula is C13H15ClO3S. The third-order valence-electron chi connectivity index (χ3n) is 2.35. The maximum atomic E-state index is 11.8. The van der Waals surface area contributed by atoms with Crippen molar-refractivity contribution in [1.82, 2.24) is 0 Å². The Hall–Kier alpha value is -1.00. The highest BCUT2D eigenvalue weighted by Crippen LogP contribution is 2.21. The van der Waals surface area contributed by atoms with Crippen LogP contribution in [-0.2, 0) is 16.0 Å². The Labute approximate surface area is 116 Å². The van der Waals surface area contributed by atoms with Gasteiger partial charge in [-0.3, -0.25) is 4.79 Å². The van der Waals surface area contributed by atoms with Gasteiger partial charge in [0.1, 0.15) is 0 Å². The minimum absolute atomic E-state index is 0.0491. The number of ether oxygens (including phenoxy) is 1. The molecule has 1 rings (SSSR count). The van der Waals surface area contributed by atoms with E-state index in [-0.39, 0.29) is 18.1 Å². The molecule has 1 aromatic carbocycles. The fourth-order valence-corrected chi connectivity index (χ4v) is 2.03. The average Bonchev–Trinajstić information content (AvgIpc) is 2.39. The molecule has 0 unspecified atom stereocenters. The van der Waals surface area contributed by atoms with Crippen molar-refractivity contribution in [3.05, 3.63) is 29.3 Å². The van der Waals surface area contributed by atoms with Crippen molar-refractivity contribution in [2.24, 2.45) is 0 Å². The number of esters is 1. The number of hydrogen-bond donors (Lipinski definition) is 0. The minimum atomic E-state index is -0.397. The van der Waals surface area contributed by atoms with Crippen molar-refractivity contribution in [3.8, 4) is 0 Å². The van der Waals surface area contributed by atoms with Crippen LogP contribution in [0.1, 0.15) is 22.8 Å². The number of carbonyl (C=O) groups is 2. The number of alkyl halides is 1. The summed E-state index contributed by atoms with van der Waals surface area (Å²) >= 11 is 7.02. The first kappa shape index (κ1) is 15.1. The highest BCUT2D eigenvalue weighted by molar-refractivity contribution is 7.98. The first-order valence-electron chi connectivity index (χ1n) is 5.54. The van der Waals surface area contributed by atoms with Gasteiger partial charge in [0.05, 0.1) is 18.1 Å². The number of thioether (sulfide) groups is 1. The summed E-state index contributed by atoms with van der Waals surface area (Å²) in [6.45, 7) is 2.06. The van der Waals surface area contributed by atoms with Crippen LogP contribution in [0.3, 0.4) is 0 Å². The number of Topliss-reactive ketones (excluding diaryl/α,β-unsaturated/α-hetero) is 1. The Kier molecular flexibility index (Phi) is 6.22. The molecule has 0 aliphatic heterocycles. The van der Waals surface area contributed by atoms with Crippen LogP contribution in [0.15, 0.2) is 23.1 Å². The molecule has 0 fully saturated rings. The molecule has 0 heterocycles. The molecule has 0 aliphatic rings. The highest BCUT2D eigenvalue weighted by Gasteiger charge is 2.15. The van der Waals surface area contributed by atoms with Crippen LogP contribution in [0.25, 0.3) is 0 Å². The zero-order valence-corrected chi connectivity index (χ0v) is 11.9. The summed E-state index contributed by atoms with van der Waals surface area (Å²) in [6, 6.07) is 5.41. The molecule has 0 saturated carbocycles. The van der Waals surface area contributed by atoms with Gasteiger partial charge in [-0.2, -0.15) is 0 Å². The van der Waals surface area contributed by atoms with Crippen LogP contribution < -0.4 is 0 Å². The molecule has 18 heavy (non-hydrogen) atoms. The summed E-state index contributed by atoms with van der Waals surface area (Å²) < 4.78 is 4.99. The second-order valence-corrected chi connectivity index (χ2v) is 4.74. The van der Waals surface area contributed by atoms with Crippen LogP contribution in [0.4, 0.5) is 0 Å². The first-order chi connectivity index (χ1) is 8.62. The zero-order chi connectivity index (χ0) is 13.5. The van der Waals surface area contributed by atoms with Crippen LogP contribution in [0.2, 0.25) is 0 Å². The maximum absolute atomic E-state index is 11.8. The molecule has 98 valence electrons. The van der Waals surface area contributed by atoms with Gasteiger partial charge in [0.2, 0.25) is 0 Å². The molecule has 0 radical (unpaired) electrons. The van der Waals surface area contributed by atoms with Gasteiger partial charge in [0.25, 0.3) is 0 Å². The van der Waals surface area contributed by atoms with E-state index in [1.165, 1.54) is 11.8 Å². The van der Waals surface area contributed by atoms with Gasteiger partial charge < -0.3 is 4.74 Å². The molecular weight excluding hydrogens is 272 g/mol. The second-order valence-electron chi connectivity index (χ2n) is 3.59. The van der Waals surface area contributed by atoms with Crippen molar-refractivity contribution in [3.63, 3.8) is 0 Å². The number of halogens is 1. The molecule has 0 atom stereocenters. The van der Waals surface area contributed by atoms with E-state index in [1.54, 1.807) is 19.1 Å². The van der Waals surface area contributed by atoms with Gasteiger partial charge in [-0.15, -0.1) is 23.4 Å². The summed E-state index contributed by atoms with van der Waals surface area (Å²) in [6.07, 6.45) is 2.08. The lowest BCUT2D eigenvalue weighted by molar-refractivity contribution is -0.116. The highest BCUT2D eigenvalue weighted by atomic mass is 35.5. The Bertz CT molecular complexity index is 446. The predicted octanol–water partition coefficient (Wildman–Crippen LogP) is 2.94. The molecule has 0 bridgehead atoms. The van der Waals surface area contributed by atoms with Crippen molar-refractivity contribution in [2.75, 3.05) is 18.7 Å². The molecule has 0 amide bonds. The van der Waals surface area contributed by atoms with Gasteiger partial charge in [0, 0.05) is 11.3 Å². The second kappa shape index (κ2) is 7.44. The summed E-state index contributed by atoms with van der Waals surface area (Å²) in [4.78, 5) is 24.2. The molecule has 0 aromatic heterocycles. The Morgan fingerprint density at radius 2 is 2.11 bits per heavy atom. The number of rotatable bonds is 6. The van der Waals surface area contributed by atoms with Gasteiger partial charge >= 0.3 is 5.97 Å². The van der Waals surface area contributed by atoms with E-state index in [0.29, 0.717) is 17.7 Å². The SMILES string of the molecule is CCOC(=O)c1cc(SC)ccc1CC(=O)CCl. The molecule has 0 N–H and O–H groups in total. The van der Waals surface area contributed by atoms with Crippen LogP contribution in [0, 0.1) is 0 Å². The third-order valence-corrected chi connectivity index (χ3v) is 3.37. The largest absolute Gasteiger partial charge is 0.462 e. The van der Waals surface area contributed by atoms with Crippen molar-refractivity contribution >= 4 is 35.1 Å². The van der Waals surface area contributed by atoms with Crippen LogP contribution in [0.5, 0.6) is 0 Å². The maximum Gasteiger partial charge on any atom is 0.338 e. The van der Waals surface area contributed by atoms with Gasteiger partial charge in [-0.1, -0.05) is 6.07 Å². The first-order valence-corrected chi connectivity index (χ1v) is 7.30. The van der Waals surface area contributed by atoms with E-state index in [2.05, 4.69) is 0 Å². The number of benzene rings is 1. The van der Waals surface area contributed by atoms with E-state index in [4.69, 9.17) is 16.3 Å². The normalized spacial score (nSPS) is 10.2. The lowest BCUT2D eigenvalue weighted by atomic mass is 10.0. The average molecular weight is 287 g/mol. The van der Waals surface area contributed by atoms with E-state index in [9.17, 15) is 9.59 Å². The summed E-state index contributed by atoms with van der Waals surface area (Å²) in [5.41, 5.74) is 1.11. The van der Waals surface area contributed by atoms with Crippen molar-refractivity contribution in [1.29, 1.82) is 0 Å². The quantitative estimate of drug-likeness (QED) is 0.458. The zero-order valence-electron chi connectivity index (χ0n) is 10.4. The summed E-state index contributed by atoms with van der Waals surface area (Å²) in [7, 11) is 0. The molecule has 0 aliphatic carbocycles. The topological polar surface area (TPSA) is 43.4 Å². The fourth-order valence-electron chi connectivity index (χ4n) is 1.50. The van der Waals surface area contributed by atoms with E-state index in [0.717, 1.165) is 4.90 Å². The van der Waals surface area contributed by atoms with Crippen LogP contribution in [-0.4, -0.2) is 30.5 Å². The van der Waals surface area contributed by atoms with E-state index in [1.807, 2.05) is 12.3 Å². The van der Waals surface area contributed by atoms with Crippen LogP contribution >= 0.6 is 23.4 Å². The number of ketones is 1. The van der Waals surface area contributed by atoms with Crippen molar-refractivity contribution < 1.29 is 14.3 Å².